The Bertz CT molecular complexity index is 564. The summed E-state index contributed by atoms with van der Waals surface area (Å²) in [4.78, 5) is 4.79. The summed E-state index contributed by atoms with van der Waals surface area (Å²) in [6, 6.07) is 6.49. The van der Waals surface area contributed by atoms with Crippen LogP contribution in [0.4, 0.5) is 5.69 Å². The summed E-state index contributed by atoms with van der Waals surface area (Å²) in [5.74, 6) is 0. The predicted octanol–water partition coefficient (Wildman–Crippen LogP) is 4.55. The molecule has 1 heterocycles. The summed E-state index contributed by atoms with van der Waals surface area (Å²) in [5, 5.41) is 4.65. The van der Waals surface area contributed by atoms with Crippen molar-refractivity contribution in [3.63, 3.8) is 0 Å². The highest BCUT2D eigenvalue weighted by Gasteiger charge is 2.09. The average Bonchev–Trinajstić information content (AvgIpc) is 2.38. The molecular weight excluding hydrogens is 288 g/mol. The maximum atomic E-state index is 4.79. The number of halogens is 1. The van der Waals surface area contributed by atoms with Crippen molar-refractivity contribution in [2.24, 2.45) is 0 Å². The first-order valence-electron chi connectivity index (χ1n) is 6.55. The molecular formula is C15H19BrN2. The molecule has 0 aliphatic rings. The molecule has 0 aliphatic carbocycles. The van der Waals surface area contributed by atoms with Crippen LogP contribution < -0.4 is 5.32 Å². The highest BCUT2D eigenvalue weighted by atomic mass is 79.9. The summed E-state index contributed by atoms with van der Waals surface area (Å²) in [6.07, 6.45) is 1.97. The molecule has 0 amide bonds. The van der Waals surface area contributed by atoms with Gasteiger partial charge >= 0.3 is 0 Å². The fourth-order valence-electron chi connectivity index (χ4n) is 2.20. The lowest BCUT2D eigenvalue weighted by Crippen LogP contribution is -2.01. The zero-order valence-electron chi connectivity index (χ0n) is 11.2. The Morgan fingerprint density at radius 2 is 1.89 bits per heavy atom. The average molecular weight is 307 g/mol. The molecule has 3 heteroatoms. The van der Waals surface area contributed by atoms with E-state index in [1.807, 2.05) is 0 Å². The zero-order valence-corrected chi connectivity index (χ0v) is 12.8. The minimum absolute atomic E-state index is 0.927. The van der Waals surface area contributed by atoms with Crippen molar-refractivity contribution in [2.75, 3.05) is 11.9 Å². The van der Waals surface area contributed by atoms with E-state index in [9.17, 15) is 0 Å². The van der Waals surface area contributed by atoms with Crippen LogP contribution in [0.25, 0.3) is 10.9 Å². The van der Waals surface area contributed by atoms with E-state index in [1.54, 1.807) is 0 Å². The number of benzene rings is 1. The molecule has 0 spiro atoms. The number of nitrogens with one attached hydrogen (secondary N) is 1. The summed E-state index contributed by atoms with van der Waals surface area (Å²) in [5.41, 5.74) is 4.77. The Morgan fingerprint density at radius 1 is 1.11 bits per heavy atom. The van der Waals surface area contributed by atoms with Gasteiger partial charge < -0.3 is 5.32 Å². The second kappa shape index (κ2) is 5.70. The van der Waals surface area contributed by atoms with E-state index in [2.05, 4.69) is 60.2 Å². The maximum Gasteiger partial charge on any atom is 0.0758 e. The van der Waals surface area contributed by atoms with Gasteiger partial charge in [-0.05, 0) is 43.5 Å². The maximum absolute atomic E-state index is 4.79. The van der Waals surface area contributed by atoms with Crippen LogP contribution in [0, 0.1) is 0 Å². The Morgan fingerprint density at radius 3 is 2.50 bits per heavy atom. The van der Waals surface area contributed by atoms with Crippen molar-refractivity contribution < 1.29 is 0 Å². The van der Waals surface area contributed by atoms with E-state index in [4.69, 9.17) is 4.98 Å². The summed E-state index contributed by atoms with van der Waals surface area (Å²) in [7, 11) is 0. The van der Waals surface area contributed by atoms with Gasteiger partial charge in [-0.3, -0.25) is 4.98 Å². The summed E-state index contributed by atoms with van der Waals surface area (Å²) < 4.78 is 1.12. The molecule has 2 nitrogen and oxygen atoms in total. The van der Waals surface area contributed by atoms with Crippen LogP contribution in [0.1, 0.15) is 32.0 Å². The number of pyridine rings is 1. The van der Waals surface area contributed by atoms with Crippen LogP contribution in [0.2, 0.25) is 0 Å². The Labute approximate surface area is 117 Å². The Balaban J connectivity index is 2.76. The van der Waals surface area contributed by atoms with Gasteiger partial charge in [0.1, 0.15) is 0 Å². The van der Waals surface area contributed by atoms with Gasteiger partial charge in [0, 0.05) is 27.8 Å². The van der Waals surface area contributed by atoms with Crippen molar-refractivity contribution in [3.8, 4) is 0 Å². The minimum Gasteiger partial charge on any atom is -0.385 e. The van der Waals surface area contributed by atoms with E-state index in [0.29, 0.717) is 0 Å². The van der Waals surface area contributed by atoms with Crippen molar-refractivity contribution in [1.82, 2.24) is 4.98 Å². The molecule has 0 radical (unpaired) electrons. The number of fused-ring (bicyclic) bond motifs is 1. The molecule has 1 aromatic carbocycles. The third-order valence-electron chi connectivity index (χ3n) is 3.12. The molecule has 0 saturated carbocycles. The molecule has 0 bridgehead atoms. The minimum atomic E-state index is 0.927. The summed E-state index contributed by atoms with van der Waals surface area (Å²) >= 11 is 3.59. The first-order chi connectivity index (χ1) is 8.69. The van der Waals surface area contributed by atoms with Crippen molar-refractivity contribution >= 4 is 32.5 Å². The fraction of sp³-hybridized carbons (Fsp3) is 0.400. The topological polar surface area (TPSA) is 24.9 Å². The Hall–Kier alpha value is -1.09. The molecule has 96 valence electrons. The molecule has 0 aliphatic heterocycles. The standard InChI is InChI=1S/C15H19BrN2/c1-4-10-7-11(16)8-13-14(17-6-3)9-12(5-2)18-15(10)13/h7-9H,4-6H2,1-3H3,(H,17,18). The molecule has 0 atom stereocenters. The zero-order chi connectivity index (χ0) is 13.1. The quantitative estimate of drug-likeness (QED) is 0.896. The molecule has 0 saturated heterocycles. The molecule has 18 heavy (non-hydrogen) atoms. The molecule has 1 aromatic heterocycles. The normalized spacial score (nSPS) is 10.9. The first-order valence-corrected chi connectivity index (χ1v) is 7.34. The van der Waals surface area contributed by atoms with E-state index in [1.165, 1.54) is 16.6 Å². The number of hydrogen-bond donors (Lipinski definition) is 1. The number of aryl methyl sites for hydroxylation is 2. The van der Waals surface area contributed by atoms with Crippen LogP contribution in [-0.4, -0.2) is 11.5 Å². The fourth-order valence-corrected chi connectivity index (χ4v) is 2.71. The number of hydrogen-bond acceptors (Lipinski definition) is 2. The third-order valence-corrected chi connectivity index (χ3v) is 3.58. The number of rotatable bonds is 4. The van der Waals surface area contributed by atoms with E-state index >= 15 is 0 Å². The van der Waals surface area contributed by atoms with Crippen LogP contribution in [-0.2, 0) is 12.8 Å². The van der Waals surface area contributed by atoms with Crippen LogP contribution in [0.3, 0.4) is 0 Å². The first kappa shape index (κ1) is 13.3. The van der Waals surface area contributed by atoms with Crippen LogP contribution >= 0.6 is 15.9 Å². The van der Waals surface area contributed by atoms with Crippen LogP contribution in [0.15, 0.2) is 22.7 Å². The molecule has 2 aromatic rings. The van der Waals surface area contributed by atoms with Crippen molar-refractivity contribution in [3.05, 3.63) is 33.9 Å². The lowest BCUT2D eigenvalue weighted by atomic mass is 10.0. The van der Waals surface area contributed by atoms with Gasteiger partial charge in [0.05, 0.1) is 5.52 Å². The van der Waals surface area contributed by atoms with E-state index in [0.717, 1.165) is 35.1 Å². The molecule has 0 unspecified atom stereocenters. The summed E-state index contributed by atoms with van der Waals surface area (Å²) in [6.45, 7) is 7.37. The van der Waals surface area contributed by atoms with Crippen molar-refractivity contribution in [2.45, 2.75) is 33.6 Å². The largest absolute Gasteiger partial charge is 0.385 e. The highest BCUT2D eigenvalue weighted by molar-refractivity contribution is 9.10. The number of nitrogens with zero attached hydrogens (tertiary/aromatic N) is 1. The second-order valence-corrected chi connectivity index (χ2v) is 5.28. The van der Waals surface area contributed by atoms with Gasteiger partial charge in [0.15, 0.2) is 0 Å². The van der Waals surface area contributed by atoms with E-state index in [-0.39, 0.29) is 0 Å². The molecule has 2 rings (SSSR count). The molecule has 0 fully saturated rings. The van der Waals surface area contributed by atoms with Gasteiger partial charge in [-0.1, -0.05) is 29.8 Å². The van der Waals surface area contributed by atoms with Gasteiger partial charge in [-0.25, -0.2) is 0 Å². The third kappa shape index (κ3) is 2.51. The van der Waals surface area contributed by atoms with E-state index < -0.39 is 0 Å². The van der Waals surface area contributed by atoms with Crippen molar-refractivity contribution in [1.29, 1.82) is 0 Å². The van der Waals surface area contributed by atoms with Gasteiger partial charge in [0.2, 0.25) is 0 Å². The van der Waals surface area contributed by atoms with Gasteiger partial charge in [-0.2, -0.15) is 0 Å². The SMILES string of the molecule is CCNc1cc(CC)nc2c(CC)cc(Br)cc12. The number of aromatic nitrogens is 1. The second-order valence-electron chi connectivity index (χ2n) is 4.36. The van der Waals surface area contributed by atoms with Gasteiger partial charge in [-0.15, -0.1) is 0 Å². The highest BCUT2D eigenvalue weighted by Crippen LogP contribution is 2.30. The Kier molecular flexibility index (Phi) is 4.23. The lowest BCUT2D eigenvalue weighted by Gasteiger charge is -2.13. The van der Waals surface area contributed by atoms with Gasteiger partial charge in [0.25, 0.3) is 0 Å². The monoisotopic (exact) mass is 306 g/mol. The molecule has 1 N–H and O–H groups in total. The van der Waals surface area contributed by atoms with Crippen LogP contribution in [0.5, 0.6) is 0 Å². The predicted molar refractivity (Wildman–Crippen MR) is 82.4 cm³/mol. The smallest absolute Gasteiger partial charge is 0.0758 e. The number of anilines is 1. The lowest BCUT2D eigenvalue weighted by molar-refractivity contribution is 1.04.